The molecule has 0 saturated carbocycles. The summed E-state index contributed by atoms with van der Waals surface area (Å²) in [6, 6.07) is 12.9. The first kappa shape index (κ1) is 23.4. The highest BCUT2D eigenvalue weighted by Crippen LogP contribution is 2.10. The lowest BCUT2D eigenvalue weighted by Crippen LogP contribution is -2.38. The molecule has 148 valence electrons. The molecule has 2 aromatic rings. The van der Waals surface area contributed by atoms with Crippen LogP contribution in [-0.2, 0) is 22.7 Å². The number of pyridine rings is 1. The molecule has 1 heterocycles. The van der Waals surface area contributed by atoms with Gasteiger partial charge in [-0.1, -0.05) is 18.2 Å². The topological polar surface area (TPSA) is 83.4 Å². The van der Waals surface area contributed by atoms with Crippen molar-refractivity contribution < 1.29 is 8.42 Å². The molecule has 0 saturated heterocycles. The summed E-state index contributed by atoms with van der Waals surface area (Å²) in [5.41, 5.74) is 2.10. The van der Waals surface area contributed by atoms with Crippen molar-refractivity contribution in [3.8, 4) is 0 Å². The number of nitrogens with one attached hydrogen (secondary N) is 2. The van der Waals surface area contributed by atoms with Crippen molar-refractivity contribution in [2.45, 2.75) is 24.7 Å². The number of nitrogens with zero attached hydrogens (tertiary/aromatic N) is 2. The zero-order valence-electron chi connectivity index (χ0n) is 15.7. The van der Waals surface area contributed by atoms with Crippen LogP contribution in [0.5, 0.6) is 0 Å². The monoisotopic (exact) mass is 502 g/mol. The minimum absolute atomic E-state index is 0. The molecule has 0 aliphatic rings. The molecule has 0 radical (unpaired) electrons. The average Bonchev–Trinajstić information content (AvgIpc) is 2.62. The molecule has 0 unspecified atom stereocenters. The van der Waals surface area contributed by atoms with E-state index < -0.39 is 9.84 Å². The smallest absolute Gasteiger partial charge is 0.191 e. The zero-order valence-corrected chi connectivity index (χ0v) is 18.8. The van der Waals surface area contributed by atoms with E-state index in [4.69, 9.17) is 0 Å². The van der Waals surface area contributed by atoms with Gasteiger partial charge in [-0.25, -0.2) is 8.42 Å². The van der Waals surface area contributed by atoms with Crippen molar-refractivity contribution in [2.24, 2.45) is 4.99 Å². The second-order valence-electron chi connectivity index (χ2n) is 5.92. The van der Waals surface area contributed by atoms with Crippen LogP contribution in [0.15, 0.2) is 58.5 Å². The Balaban J connectivity index is 0.00000364. The zero-order chi connectivity index (χ0) is 18.8. The minimum Gasteiger partial charge on any atom is -0.357 e. The fourth-order valence-electron chi connectivity index (χ4n) is 2.40. The van der Waals surface area contributed by atoms with Gasteiger partial charge in [0.1, 0.15) is 0 Å². The Morgan fingerprint density at radius 1 is 1.07 bits per heavy atom. The molecular formula is C19H27IN4O2S. The molecule has 0 spiro atoms. The Morgan fingerprint density at radius 3 is 2.41 bits per heavy atom. The SMILES string of the molecule is CCNC(=NCCc1ccccn1)NCCc1ccc(S(C)(=O)=O)cc1.I. The van der Waals surface area contributed by atoms with E-state index in [0.29, 0.717) is 18.0 Å². The molecular weight excluding hydrogens is 475 g/mol. The number of halogens is 1. The van der Waals surface area contributed by atoms with Gasteiger partial charge in [0.25, 0.3) is 0 Å². The van der Waals surface area contributed by atoms with Gasteiger partial charge in [0.15, 0.2) is 15.8 Å². The lowest BCUT2D eigenvalue weighted by Gasteiger charge is -2.11. The van der Waals surface area contributed by atoms with Gasteiger partial charge >= 0.3 is 0 Å². The number of guanidine groups is 1. The lowest BCUT2D eigenvalue weighted by molar-refractivity contribution is 0.602. The van der Waals surface area contributed by atoms with Gasteiger partial charge in [-0.15, -0.1) is 24.0 Å². The fourth-order valence-corrected chi connectivity index (χ4v) is 3.03. The van der Waals surface area contributed by atoms with Crippen LogP contribution in [0.25, 0.3) is 0 Å². The predicted molar refractivity (Wildman–Crippen MR) is 121 cm³/mol. The quantitative estimate of drug-likeness (QED) is 0.329. The first-order valence-corrected chi connectivity index (χ1v) is 10.6. The van der Waals surface area contributed by atoms with Crippen LogP contribution in [-0.4, -0.2) is 45.3 Å². The highest BCUT2D eigenvalue weighted by Gasteiger charge is 2.06. The third-order valence-electron chi connectivity index (χ3n) is 3.77. The van der Waals surface area contributed by atoms with Crippen molar-refractivity contribution >= 4 is 39.8 Å². The summed E-state index contributed by atoms with van der Waals surface area (Å²) in [6.45, 7) is 4.20. The molecule has 0 bridgehead atoms. The highest BCUT2D eigenvalue weighted by molar-refractivity contribution is 14.0. The number of aromatic nitrogens is 1. The number of hydrogen-bond donors (Lipinski definition) is 2. The number of sulfone groups is 1. The van der Waals surface area contributed by atoms with Gasteiger partial charge < -0.3 is 10.6 Å². The van der Waals surface area contributed by atoms with Crippen molar-refractivity contribution in [2.75, 3.05) is 25.9 Å². The van der Waals surface area contributed by atoms with E-state index in [1.165, 1.54) is 6.26 Å². The van der Waals surface area contributed by atoms with Crippen LogP contribution in [0.2, 0.25) is 0 Å². The summed E-state index contributed by atoms with van der Waals surface area (Å²) in [4.78, 5) is 9.20. The lowest BCUT2D eigenvalue weighted by atomic mass is 10.1. The van der Waals surface area contributed by atoms with Crippen LogP contribution in [0.1, 0.15) is 18.2 Å². The summed E-state index contributed by atoms with van der Waals surface area (Å²) in [7, 11) is -3.14. The Labute approximate surface area is 178 Å². The Kier molecular flexibility index (Phi) is 10.3. The second kappa shape index (κ2) is 11.9. The van der Waals surface area contributed by atoms with Gasteiger partial charge in [0, 0.05) is 44.2 Å². The Bertz CT molecular complexity index is 809. The van der Waals surface area contributed by atoms with Gasteiger partial charge in [-0.3, -0.25) is 9.98 Å². The molecule has 1 aromatic heterocycles. The Hall–Kier alpha value is -1.68. The van der Waals surface area contributed by atoms with E-state index in [-0.39, 0.29) is 24.0 Å². The van der Waals surface area contributed by atoms with E-state index in [2.05, 4.69) is 20.6 Å². The number of hydrogen-bond acceptors (Lipinski definition) is 4. The normalized spacial score (nSPS) is 11.6. The largest absolute Gasteiger partial charge is 0.357 e. The van der Waals surface area contributed by atoms with Crippen LogP contribution in [0.3, 0.4) is 0 Å². The van der Waals surface area contributed by atoms with Crippen molar-refractivity contribution in [3.05, 3.63) is 59.9 Å². The van der Waals surface area contributed by atoms with Crippen LogP contribution in [0, 0.1) is 0 Å². The predicted octanol–water partition coefficient (Wildman–Crippen LogP) is 2.44. The van der Waals surface area contributed by atoms with E-state index in [1.807, 2.05) is 37.3 Å². The van der Waals surface area contributed by atoms with Crippen LogP contribution in [0.4, 0.5) is 0 Å². The molecule has 6 nitrogen and oxygen atoms in total. The molecule has 0 aliphatic carbocycles. The maximum Gasteiger partial charge on any atom is 0.191 e. The van der Waals surface area contributed by atoms with E-state index in [1.54, 1.807) is 18.3 Å². The van der Waals surface area contributed by atoms with E-state index in [0.717, 1.165) is 36.6 Å². The molecule has 2 N–H and O–H groups in total. The maximum atomic E-state index is 11.5. The third-order valence-corrected chi connectivity index (χ3v) is 4.89. The molecule has 2 rings (SSSR count). The fraction of sp³-hybridized carbons (Fsp3) is 0.368. The van der Waals surface area contributed by atoms with Gasteiger partial charge in [-0.2, -0.15) is 0 Å². The summed E-state index contributed by atoms with van der Waals surface area (Å²) in [6.07, 6.45) is 4.59. The van der Waals surface area contributed by atoms with Gasteiger partial charge in [0.05, 0.1) is 4.90 Å². The van der Waals surface area contributed by atoms with E-state index >= 15 is 0 Å². The van der Waals surface area contributed by atoms with Crippen LogP contribution < -0.4 is 10.6 Å². The Morgan fingerprint density at radius 2 is 1.81 bits per heavy atom. The second-order valence-corrected chi connectivity index (χ2v) is 7.94. The summed E-state index contributed by atoms with van der Waals surface area (Å²) >= 11 is 0. The molecule has 1 aromatic carbocycles. The van der Waals surface area contributed by atoms with Crippen molar-refractivity contribution in [1.82, 2.24) is 15.6 Å². The molecule has 27 heavy (non-hydrogen) atoms. The van der Waals surface area contributed by atoms with Gasteiger partial charge in [0.2, 0.25) is 0 Å². The van der Waals surface area contributed by atoms with Crippen molar-refractivity contribution in [1.29, 1.82) is 0 Å². The number of rotatable bonds is 8. The molecule has 8 heteroatoms. The molecule has 0 amide bonds. The minimum atomic E-state index is -3.14. The third kappa shape index (κ3) is 8.70. The molecule has 0 aliphatic heterocycles. The number of benzene rings is 1. The average molecular weight is 502 g/mol. The standard InChI is InChI=1S/C19H26N4O2S.HI/c1-3-20-19(23-15-12-17-6-4-5-13-21-17)22-14-11-16-7-9-18(10-8-16)26(2,24)25;/h4-10,13H,3,11-12,14-15H2,1-2H3,(H2,20,22,23);1H. The van der Waals surface area contributed by atoms with Crippen LogP contribution >= 0.6 is 24.0 Å². The first-order valence-electron chi connectivity index (χ1n) is 8.70. The summed E-state index contributed by atoms with van der Waals surface area (Å²) < 4.78 is 23.0. The maximum absolute atomic E-state index is 11.5. The summed E-state index contributed by atoms with van der Waals surface area (Å²) in [5.74, 6) is 0.774. The summed E-state index contributed by atoms with van der Waals surface area (Å²) in [5, 5.41) is 6.52. The van der Waals surface area contributed by atoms with Gasteiger partial charge in [-0.05, 0) is 43.2 Å². The van der Waals surface area contributed by atoms with E-state index in [9.17, 15) is 8.42 Å². The highest BCUT2D eigenvalue weighted by atomic mass is 127. The number of aliphatic imine (C=N–C) groups is 1. The molecule has 0 atom stereocenters. The molecule has 0 fully saturated rings. The first-order chi connectivity index (χ1) is 12.5. The van der Waals surface area contributed by atoms with Crippen molar-refractivity contribution in [3.63, 3.8) is 0 Å².